The molecule has 1 heterocycles. The Morgan fingerprint density at radius 1 is 1.23 bits per heavy atom. The van der Waals surface area contributed by atoms with E-state index in [4.69, 9.17) is 4.52 Å². The molecule has 0 aliphatic heterocycles. The second kappa shape index (κ2) is 6.77. The summed E-state index contributed by atoms with van der Waals surface area (Å²) in [6, 6.07) is 9.93. The van der Waals surface area contributed by atoms with Crippen LogP contribution in [0.3, 0.4) is 0 Å². The summed E-state index contributed by atoms with van der Waals surface area (Å²) in [6.45, 7) is 2.37. The normalized spacial score (nSPS) is 15.7. The molecule has 22 heavy (non-hydrogen) atoms. The Balaban J connectivity index is 1.70. The molecule has 0 unspecified atom stereocenters. The topological polar surface area (TPSA) is 55.1 Å². The van der Waals surface area contributed by atoms with Gasteiger partial charge in [0.1, 0.15) is 11.5 Å². The molecule has 1 fully saturated rings. The van der Waals surface area contributed by atoms with Crippen LogP contribution in [0.25, 0.3) is 11.3 Å². The molecule has 0 saturated heterocycles. The number of nitrogens with one attached hydrogen (secondary N) is 1. The predicted octanol–water partition coefficient (Wildman–Crippen LogP) is 3.85. The summed E-state index contributed by atoms with van der Waals surface area (Å²) in [6.07, 6.45) is 5.62. The Morgan fingerprint density at radius 2 is 1.95 bits per heavy atom. The standard InChI is InChI=1S/C18H22N2O2/c1-13-16(12-19-18(21)15-10-6-3-7-11-15)17(20-22-13)14-8-4-2-5-9-14/h2,4-5,8-9,15H,3,6-7,10-12H2,1H3,(H,19,21). The summed E-state index contributed by atoms with van der Waals surface area (Å²) >= 11 is 0. The van der Waals surface area contributed by atoms with E-state index in [0.29, 0.717) is 6.54 Å². The number of nitrogens with zero attached hydrogens (tertiary/aromatic N) is 1. The largest absolute Gasteiger partial charge is 0.361 e. The van der Waals surface area contributed by atoms with E-state index in [1.807, 2.05) is 37.3 Å². The molecule has 0 bridgehead atoms. The van der Waals surface area contributed by atoms with Crippen molar-refractivity contribution in [1.82, 2.24) is 10.5 Å². The van der Waals surface area contributed by atoms with Crippen LogP contribution in [0.5, 0.6) is 0 Å². The van der Waals surface area contributed by atoms with Crippen LogP contribution in [0, 0.1) is 12.8 Å². The summed E-state index contributed by atoms with van der Waals surface area (Å²) in [5.74, 6) is 1.11. The van der Waals surface area contributed by atoms with Gasteiger partial charge in [-0.2, -0.15) is 0 Å². The smallest absolute Gasteiger partial charge is 0.223 e. The number of aryl methyl sites for hydroxylation is 1. The Hall–Kier alpha value is -2.10. The molecule has 0 radical (unpaired) electrons. The molecule has 1 saturated carbocycles. The monoisotopic (exact) mass is 298 g/mol. The third kappa shape index (κ3) is 3.21. The number of amides is 1. The molecule has 2 aromatic rings. The number of rotatable bonds is 4. The van der Waals surface area contributed by atoms with Gasteiger partial charge in [-0.1, -0.05) is 54.8 Å². The van der Waals surface area contributed by atoms with E-state index in [1.165, 1.54) is 19.3 Å². The van der Waals surface area contributed by atoms with Gasteiger partial charge in [0.2, 0.25) is 5.91 Å². The SMILES string of the molecule is Cc1onc(-c2ccccc2)c1CNC(=O)C1CCCCC1. The van der Waals surface area contributed by atoms with E-state index in [1.54, 1.807) is 0 Å². The van der Waals surface area contributed by atoms with Crippen LogP contribution in [0.1, 0.15) is 43.4 Å². The Labute approximate surface area is 130 Å². The molecule has 1 aliphatic rings. The summed E-state index contributed by atoms with van der Waals surface area (Å²) in [4.78, 5) is 12.3. The van der Waals surface area contributed by atoms with Crippen molar-refractivity contribution in [2.75, 3.05) is 0 Å². The molecule has 4 heteroatoms. The zero-order valence-electron chi connectivity index (χ0n) is 13.0. The zero-order valence-corrected chi connectivity index (χ0v) is 13.0. The Bertz CT molecular complexity index is 628. The molecule has 1 N–H and O–H groups in total. The highest BCUT2D eigenvalue weighted by molar-refractivity contribution is 5.79. The van der Waals surface area contributed by atoms with E-state index < -0.39 is 0 Å². The number of aromatic nitrogens is 1. The van der Waals surface area contributed by atoms with Crippen molar-refractivity contribution in [1.29, 1.82) is 0 Å². The molecular formula is C18H22N2O2. The predicted molar refractivity (Wildman–Crippen MR) is 85.1 cm³/mol. The highest BCUT2D eigenvalue weighted by Gasteiger charge is 2.22. The maximum atomic E-state index is 12.3. The van der Waals surface area contributed by atoms with Gasteiger partial charge in [-0.3, -0.25) is 4.79 Å². The van der Waals surface area contributed by atoms with Crippen LogP contribution in [0.15, 0.2) is 34.9 Å². The van der Waals surface area contributed by atoms with Crippen LogP contribution in [0.2, 0.25) is 0 Å². The maximum Gasteiger partial charge on any atom is 0.223 e. The van der Waals surface area contributed by atoms with Crippen molar-refractivity contribution in [3.05, 3.63) is 41.7 Å². The van der Waals surface area contributed by atoms with E-state index in [2.05, 4.69) is 10.5 Å². The summed E-state index contributed by atoms with van der Waals surface area (Å²) < 4.78 is 5.33. The first-order chi connectivity index (χ1) is 10.8. The van der Waals surface area contributed by atoms with E-state index in [9.17, 15) is 4.79 Å². The van der Waals surface area contributed by atoms with Crippen molar-refractivity contribution >= 4 is 5.91 Å². The highest BCUT2D eigenvalue weighted by Crippen LogP contribution is 2.26. The minimum absolute atomic E-state index is 0.166. The van der Waals surface area contributed by atoms with E-state index >= 15 is 0 Å². The van der Waals surface area contributed by atoms with Gasteiger partial charge in [-0.05, 0) is 19.8 Å². The quantitative estimate of drug-likeness (QED) is 0.933. The van der Waals surface area contributed by atoms with Crippen LogP contribution < -0.4 is 5.32 Å². The van der Waals surface area contributed by atoms with Crippen molar-refractivity contribution in [3.63, 3.8) is 0 Å². The molecule has 4 nitrogen and oxygen atoms in total. The summed E-state index contributed by atoms with van der Waals surface area (Å²) in [5, 5.41) is 7.22. The van der Waals surface area contributed by atoms with Crippen LogP contribution in [0.4, 0.5) is 0 Å². The van der Waals surface area contributed by atoms with Gasteiger partial charge >= 0.3 is 0 Å². The van der Waals surface area contributed by atoms with Crippen LogP contribution in [-0.2, 0) is 11.3 Å². The maximum absolute atomic E-state index is 12.3. The average Bonchev–Trinajstić information content (AvgIpc) is 2.95. The van der Waals surface area contributed by atoms with Gasteiger partial charge < -0.3 is 9.84 Å². The minimum atomic E-state index is 0.166. The molecule has 1 aliphatic carbocycles. The molecule has 1 amide bonds. The molecule has 1 aromatic heterocycles. The lowest BCUT2D eigenvalue weighted by Crippen LogP contribution is -2.31. The summed E-state index contributed by atoms with van der Waals surface area (Å²) in [5.41, 5.74) is 2.80. The fourth-order valence-corrected chi connectivity index (χ4v) is 3.11. The van der Waals surface area contributed by atoms with Crippen molar-refractivity contribution < 1.29 is 9.32 Å². The fraction of sp³-hybridized carbons (Fsp3) is 0.444. The Morgan fingerprint density at radius 3 is 2.68 bits per heavy atom. The van der Waals surface area contributed by atoms with Gasteiger partial charge in [0.25, 0.3) is 0 Å². The number of benzene rings is 1. The second-order valence-electron chi connectivity index (χ2n) is 5.98. The number of carbonyl (C=O) groups excluding carboxylic acids is 1. The van der Waals surface area contributed by atoms with Crippen molar-refractivity contribution in [2.45, 2.75) is 45.6 Å². The first-order valence-electron chi connectivity index (χ1n) is 8.04. The van der Waals surface area contributed by atoms with Gasteiger partial charge in [-0.25, -0.2) is 0 Å². The molecule has 1 aromatic carbocycles. The van der Waals surface area contributed by atoms with Crippen LogP contribution in [-0.4, -0.2) is 11.1 Å². The third-order valence-electron chi connectivity index (χ3n) is 4.45. The lowest BCUT2D eigenvalue weighted by atomic mass is 9.88. The number of carbonyl (C=O) groups is 1. The fourth-order valence-electron chi connectivity index (χ4n) is 3.11. The second-order valence-corrected chi connectivity index (χ2v) is 5.98. The molecule has 3 rings (SSSR count). The average molecular weight is 298 g/mol. The van der Waals surface area contributed by atoms with Crippen LogP contribution >= 0.6 is 0 Å². The zero-order chi connectivity index (χ0) is 15.4. The highest BCUT2D eigenvalue weighted by atomic mass is 16.5. The molecule has 0 atom stereocenters. The van der Waals surface area contributed by atoms with Crippen molar-refractivity contribution in [3.8, 4) is 11.3 Å². The lowest BCUT2D eigenvalue weighted by molar-refractivity contribution is -0.126. The van der Waals surface area contributed by atoms with Gasteiger partial charge in [0, 0.05) is 23.6 Å². The molecule has 0 spiro atoms. The van der Waals surface area contributed by atoms with E-state index in [-0.39, 0.29) is 11.8 Å². The molecular weight excluding hydrogens is 276 g/mol. The molecule has 116 valence electrons. The lowest BCUT2D eigenvalue weighted by Gasteiger charge is -2.20. The van der Waals surface area contributed by atoms with Gasteiger partial charge in [0.05, 0.1) is 0 Å². The number of hydrogen-bond acceptors (Lipinski definition) is 3. The Kier molecular flexibility index (Phi) is 4.56. The van der Waals surface area contributed by atoms with Gasteiger partial charge in [0.15, 0.2) is 0 Å². The van der Waals surface area contributed by atoms with E-state index in [0.717, 1.165) is 35.4 Å². The van der Waals surface area contributed by atoms with Gasteiger partial charge in [-0.15, -0.1) is 0 Å². The van der Waals surface area contributed by atoms with Crippen molar-refractivity contribution in [2.24, 2.45) is 5.92 Å². The summed E-state index contributed by atoms with van der Waals surface area (Å²) in [7, 11) is 0. The first kappa shape index (κ1) is 14.8. The third-order valence-corrected chi connectivity index (χ3v) is 4.45. The number of hydrogen-bond donors (Lipinski definition) is 1. The first-order valence-corrected chi connectivity index (χ1v) is 8.04. The minimum Gasteiger partial charge on any atom is -0.361 e.